The van der Waals surface area contributed by atoms with Crippen molar-refractivity contribution in [3.63, 3.8) is 0 Å². The van der Waals surface area contributed by atoms with Gasteiger partial charge >= 0.3 is 6.09 Å². The molecule has 0 spiro atoms. The molecule has 3 N–H and O–H groups in total. The summed E-state index contributed by atoms with van der Waals surface area (Å²) in [6, 6.07) is 8.30. The Labute approximate surface area is 283 Å². The number of nitrogens with zero attached hydrogens (tertiary/aromatic N) is 2. The molecule has 48 heavy (non-hydrogen) atoms. The molecule has 4 fully saturated rings. The lowest BCUT2D eigenvalue weighted by Crippen LogP contribution is -2.60. The quantitative estimate of drug-likeness (QED) is 0.387. The third-order valence-electron chi connectivity index (χ3n) is 10.2. The normalized spacial score (nSPS) is 32.1. The van der Waals surface area contributed by atoms with Gasteiger partial charge in [0, 0.05) is 38.0 Å². The van der Waals surface area contributed by atoms with Crippen LogP contribution in [0.3, 0.4) is 0 Å². The smallest absolute Gasteiger partial charge is 0.408 e. The largest absolute Gasteiger partial charge is 0.444 e. The number of carbonyl (C=O) groups excluding carboxylic acids is 4. The molecule has 2 saturated carbocycles. The number of hydrogen-bond donors (Lipinski definition) is 3. The first kappa shape index (κ1) is 34.4. The van der Waals surface area contributed by atoms with Gasteiger partial charge in [-0.15, -0.1) is 0 Å². The molecular weight excluding hydrogens is 634 g/mol. The zero-order valence-corrected chi connectivity index (χ0v) is 29.0. The molecule has 4 amide bonds. The minimum absolute atomic E-state index is 0.00406. The van der Waals surface area contributed by atoms with Gasteiger partial charge < -0.3 is 20.3 Å². The average Bonchev–Trinajstić information content (AvgIpc) is 3.90. The third kappa shape index (κ3) is 7.72. The Morgan fingerprint density at radius 1 is 1.02 bits per heavy atom. The number of sulfonamides is 1. The van der Waals surface area contributed by atoms with Crippen LogP contribution in [0.25, 0.3) is 0 Å². The second kappa shape index (κ2) is 13.5. The van der Waals surface area contributed by atoms with Gasteiger partial charge in [0.2, 0.25) is 21.8 Å². The van der Waals surface area contributed by atoms with Gasteiger partial charge in [-0.2, -0.15) is 0 Å². The van der Waals surface area contributed by atoms with E-state index in [1.165, 1.54) is 0 Å². The fourth-order valence-electron chi connectivity index (χ4n) is 7.58. The van der Waals surface area contributed by atoms with Crippen LogP contribution in [0.15, 0.2) is 42.5 Å². The summed E-state index contributed by atoms with van der Waals surface area (Å²) in [5.41, 5.74) is -1.02. The van der Waals surface area contributed by atoms with Crippen molar-refractivity contribution in [2.24, 2.45) is 17.8 Å². The predicted octanol–water partition coefficient (Wildman–Crippen LogP) is 2.84. The molecule has 1 aromatic rings. The number of amides is 4. The summed E-state index contributed by atoms with van der Waals surface area (Å²) in [6.07, 6.45) is 7.97. The maximum Gasteiger partial charge on any atom is 0.408 e. The van der Waals surface area contributed by atoms with Crippen molar-refractivity contribution in [2.75, 3.05) is 19.6 Å². The number of alkyl carbamates (subject to hydrolysis) is 1. The maximum atomic E-state index is 14.5. The minimum atomic E-state index is -3.84. The monoisotopic (exact) mass is 683 g/mol. The number of nitrogens with one attached hydrogen (secondary N) is 3. The first-order valence-electron chi connectivity index (χ1n) is 17.4. The van der Waals surface area contributed by atoms with Crippen molar-refractivity contribution in [1.29, 1.82) is 0 Å². The van der Waals surface area contributed by atoms with E-state index in [0.717, 1.165) is 24.8 Å². The molecule has 0 radical (unpaired) electrons. The van der Waals surface area contributed by atoms with Crippen LogP contribution in [0.4, 0.5) is 4.79 Å². The fraction of sp³-hybridized carbons (Fsp3) is 0.657. The van der Waals surface area contributed by atoms with Gasteiger partial charge in [0.15, 0.2) is 0 Å². The summed E-state index contributed by atoms with van der Waals surface area (Å²) in [6.45, 7) is 7.57. The summed E-state index contributed by atoms with van der Waals surface area (Å²) < 4.78 is 33.4. The SMILES string of the molecule is CC(C)(C)OC(=O)N[C@@H]1CCCCC/C=C\[C@H]2C[C@@]2(C(=O)NS(=O)(=O)C2CC2)NC(=O)[C@@H]2[C@H]3CN(Cc4ccccc4)C[C@H]3CN2C1=O. The maximum absolute atomic E-state index is 14.5. The van der Waals surface area contributed by atoms with Crippen molar-refractivity contribution in [3.05, 3.63) is 48.0 Å². The Morgan fingerprint density at radius 2 is 1.77 bits per heavy atom. The first-order chi connectivity index (χ1) is 22.8. The molecule has 13 heteroatoms. The molecule has 6 atom stereocenters. The number of carbonyl (C=O) groups is 4. The van der Waals surface area contributed by atoms with Crippen LogP contribution >= 0.6 is 0 Å². The number of likely N-dealkylation sites (tertiary alicyclic amines) is 1. The average molecular weight is 684 g/mol. The number of fused-ring (bicyclic) bond motifs is 4. The number of benzene rings is 1. The number of ether oxygens (including phenoxy) is 1. The number of allylic oxidation sites excluding steroid dienone is 1. The van der Waals surface area contributed by atoms with E-state index in [9.17, 15) is 27.6 Å². The van der Waals surface area contributed by atoms with Crippen LogP contribution in [0.2, 0.25) is 0 Å². The highest BCUT2D eigenvalue weighted by atomic mass is 32.2. The molecule has 0 aromatic heterocycles. The van der Waals surface area contributed by atoms with Gasteiger partial charge in [0.1, 0.15) is 23.2 Å². The van der Waals surface area contributed by atoms with Gasteiger partial charge in [-0.3, -0.25) is 24.0 Å². The van der Waals surface area contributed by atoms with Crippen LogP contribution < -0.4 is 15.4 Å². The summed E-state index contributed by atoms with van der Waals surface area (Å²) in [7, 11) is -3.84. The van der Waals surface area contributed by atoms with Gasteiger partial charge in [0.05, 0.1) is 5.25 Å². The Bertz CT molecular complexity index is 1540. The highest BCUT2D eigenvalue weighted by Crippen LogP contribution is 2.47. The molecule has 6 rings (SSSR count). The van der Waals surface area contributed by atoms with E-state index in [0.29, 0.717) is 51.9 Å². The summed E-state index contributed by atoms with van der Waals surface area (Å²) in [5, 5.41) is 5.19. The lowest BCUT2D eigenvalue weighted by molar-refractivity contribution is -0.142. The zero-order valence-electron chi connectivity index (χ0n) is 28.2. The third-order valence-corrected chi connectivity index (χ3v) is 12.0. The highest BCUT2D eigenvalue weighted by molar-refractivity contribution is 7.91. The van der Waals surface area contributed by atoms with E-state index in [1.54, 1.807) is 25.7 Å². The van der Waals surface area contributed by atoms with Crippen molar-refractivity contribution >= 4 is 33.8 Å². The summed E-state index contributed by atoms with van der Waals surface area (Å²) in [4.78, 5) is 59.3. The minimum Gasteiger partial charge on any atom is -0.444 e. The molecule has 3 aliphatic heterocycles. The van der Waals surface area contributed by atoms with Crippen molar-refractivity contribution in [2.45, 2.75) is 107 Å². The van der Waals surface area contributed by atoms with Crippen molar-refractivity contribution < 1.29 is 32.3 Å². The zero-order chi connectivity index (χ0) is 34.3. The number of hydrogen-bond acceptors (Lipinski definition) is 8. The molecule has 1 aromatic carbocycles. The highest BCUT2D eigenvalue weighted by Gasteiger charge is 2.63. The standard InChI is InChI=1S/C35H49N5O7S/c1-34(2,3)47-33(44)36-28-15-11-6-4-5-10-14-25-18-35(25,32(43)38-48(45,46)26-16-17-26)37-30(41)29-27-22-39(19-23-12-8-7-9-13-23)20-24(27)21-40(29)31(28)42/h7-10,12-14,24-29H,4-6,11,15-22H2,1-3H3,(H,36,44)(H,37,41)(H,38,43)/b14-10-/t24-,25-,27-,28+,29-,35+/m0/s1. The second-order valence-electron chi connectivity index (χ2n) is 15.3. The van der Waals surface area contributed by atoms with Gasteiger partial charge in [-0.05, 0) is 70.8 Å². The summed E-state index contributed by atoms with van der Waals surface area (Å²) in [5.74, 6) is -2.11. The van der Waals surface area contributed by atoms with Crippen molar-refractivity contribution in [1.82, 2.24) is 25.2 Å². The Kier molecular flexibility index (Phi) is 9.65. The predicted molar refractivity (Wildman–Crippen MR) is 179 cm³/mol. The van der Waals surface area contributed by atoms with Crippen molar-refractivity contribution in [3.8, 4) is 0 Å². The molecule has 5 aliphatic rings. The van der Waals surface area contributed by atoms with E-state index in [4.69, 9.17) is 4.74 Å². The molecule has 0 bridgehead atoms. The molecule has 2 saturated heterocycles. The summed E-state index contributed by atoms with van der Waals surface area (Å²) >= 11 is 0. The van der Waals surface area contributed by atoms with E-state index in [-0.39, 0.29) is 30.1 Å². The van der Waals surface area contributed by atoms with E-state index >= 15 is 0 Å². The van der Waals surface area contributed by atoms with Gasteiger partial charge in [0.25, 0.3) is 5.91 Å². The topological polar surface area (TPSA) is 154 Å². The fourth-order valence-corrected chi connectivity index (χ4v) is 8.95. The van der Waals surface area contributed by atoms with Crippen LogP contribution in [-0.2, 0) is 35.7 Å². The van der Waals surface area contributed by atoms with E-state index in [1.807, 2.05) is 30.4 Å². The van der Waals surface area contributed by atoms with E-state index in [2.05, 4.69) is 32.4 Å². The lowest BCUT2D eigenvalue weighted by atomic mass is 9.93. The number of rotatable bonds is 6. The Hall–Kier alpha value is -3.45. The second-order valence-corrected chi connectivity index (χ2v) is 17.2. The lowest BCUT2D eigenvalue weighted by Gasteiger charge is -2.33. The molecule has 0 unspecified atom stereocenters. The molecule has 262 valence electrons. The van der Waals surface area contributed by atoms with Gasteiger partial charge in [-0.1, -0.05) is 55.3 Å². The van der Waals surface area contributed by atoms with Gasteiger partial charge in [-0.25, -0.2) is 13.2 Å². The molecule has 2 aliphatic carbocycles. The Balaban J connectivity index is 1.29. The molecular formula is C35H49N5O7S. The van der Waals surface area contributed by atoms with E-state index < -0.39 is 56.4 Å². The molecule has 12 nitrogen and oxygen atoms in total. The van der Waals surface area contributed by atoms with Crippen LogP contribution in [-0.4, -0.2) is 90.1 Å². The first-order valence-corrected chi connectivity index (χ1v) is 18.9. The van der Waals surface area contributed by atoms with Crippen LogP contribution in [0, 0.1) is 17.8 Å². The van der Waals surface area contributed by atoms with Crippen LogP contribution in [0.5, 0.6) is 0 Å². The molecule has 3 heterocycles. The van der Waals surface area contributed by atoms with Crippen LogP contribution in [0.1, 0.15) is 77.7 Å². The Morgan fingerprint density at radius 3 is 2.48 bits per heavy atom.